The quantitative estimate of drug-likeness (QED) is 0.876. The average Bonchev–Trinajstić information content (AvgIpc) is 3.28. The summed E-state index contributed by atoms with van der Waals surface area (Å²) in [6, 6.07) is 7.32. The number of nitrogens with one attached hydrogen (secondary N) is 2. The first-order valence-corrected chi connectivity index (χ1v) is 7.20. The molecule has 3 rings (SSSR count). The van der Waals surface area contributed by atoms with Gasteiger partial charge in [0.15, 0.2) is 0 Å². The van der Waals surface area contributed by atoms with Crippen molar-refractivity contribution in [2.24, 2.45) is 0 Å². The zero-order valence-corrected chi connectivity index (χ0v) is 12.5. The summed E-state index contributed by atoms with van der Waals surface area (Å²) in [4.78, 5) is 9.02. The van der Waals surface area contributed by atoms with E-state index in [0.29, 0.717) is 16.0 Å². The summed E-state index contributed by atoms with van der Waals surface area (Å²) in [5.74, 6) is 2.87. The van der Waals surface area contributed by atoms with E-state index < -0.39 is 0 Å². The molecule has 0 aliphatic heterocycles. The molecule has 0 bridgehead atoms. The standard InChI is InChI=1S/C14H14Cl2N4/c1-17-11-7-12(20-14(19-11)8-5-6-8)18-10-4-2-3-9(15)13(10)16/h2-4,7-8H,5-6H2,1H3,(H2,17,18,19,20). The molecule has 6 heteroatoms. The molecule has 2 N–H and O–H groups in total. The van der Waals surface area contributed by atoms with Crippen LogP contribution in [0.2, 0.25) is 10.0 Å². The Morgan fingerprint density at radius 3 is 2.60 bits per heavy atom. The Kier molecular flexibility index (Phi) is 3.68. The molecule has 20 heavy (non-hydrogen) atoms. The third-order valence-corrected chi connectivity index (χ3v) is 3.98. The van der Waals surface area contributed by atoms with Gasteiger partial charge in [0, 0.05) is 19.0 Å². The van der Waals surface area contributed by atoms with Crippen LogP contribution in [-0.4, -0.2) is 17.0 Å². The predicted octanol–water partition coefficient (Wildman–Crippen LogP) is 4.45. The molecule has 0 unspecified atom stereocenters. The SMILES string of the molecule is CNc1cc(Nc2cccc(Cl)c2Cl)nc(C2CC2)n1. The van der Waals surface area contributed by atoms with Gasteiger partial charge in [-0.15, -0.1) is 0 Å². The van der Waals surface area contributed by atoms with Crippen LogP contribution < -0.4 is 10.6 Å². The molecule has 1 saturated carbocycles. The number of hydrogen-bond acceptors (Lipinski definition) is 4. The number of nitrogens with zero attached hydrogens (tertiary/aromatic N) is 2. The van der Waals surface area contributed by atoms with E-state index in [9.17, 15) is 0 Å². The molecule has 104 valence electrons. The van der Waals surface area contributed by atoms with Gasteiger partial charge in [-0.2, -0.15) is 0 Å². The van der Waals surface area contributed by atoms with Crippen LogP contribution in [0.3, 0.4) is 0 Å². The fourth-order valence-corrected chi connectivity index (χ4v) is 2.27. The summed E-state index contributed by atoms with van der Waals surface area (Å²) in [5, 5.41) is 7.26. The Bertz CT molecular complexity index is 641. The second-order valence-electron chi connectivity index (χ2n) is 4.75. The van der Waals surface area contributed by atoms with Crippen molar-refractivity contribution in [1.82, 2.24) is 9.97 Å². The van der Waals surface area contributed by atoms with Crippen molar-refractivity contribution in [3.63, 3.8) is 0 Å². The lowest BCUT2D eigenvalue weighted by molar-refractivity contribution is 0.932. The highest BCUT2D eigenvalue weighted by atomic mass is 35.5. The van der Waals surface area contributed by atoms with E-state index in [2.05, 4.69) is 20.6 Å². The van der Waals surface area contributed by atoms with Crippen LogP contribution in [0.4, 0.5) is 17.3 Å². The molecular formula is C14H14Cl2N4. The van der Waals surface area contributed by atoms with Crippen molar-refractivity contribution in [1.29, 1.82) is 0 Å². The van der Waals surface area contributed by atoms with Gasteiger partial charge in [-0.1, -0.05) is 29.3 Å². The number of rotatable bonds is 4. The van der Waals surface area contributed by atoms with Crippen molar-refractivity contribution < 1.29 is 0 Å². The summed E-state index contributed by atoms with van der Waals surface area (Å²) in [6.07, 6.45) is 2.31. The van der Waals surface area contributed by atoms with Gasteiger partial charge < -0.3 is 10.6 Å². The molecule has 1 aromatic carbocycles. The van der Waals surface area contributed by atoms with Crippen molar-refractivity contribution in [3.8, 4) is 0 Å². The molecule has 0 atom stereocenters. The minimum absolute atomic E-state index is 0.485. The van der Waals surface area contributed by atoms with Crippen molar-refractivity contribution in [2.75, 3.05) is 17.7 Å². The first kappa shape index (κ1) is 13.5. The van der Waals surface area contributed by atoms with Gasteiger partial charge in [0.05, 0.1) is 15.7 Å². The van der Waals surface area contributed by atoms with E-state index >= 15 is 0 Å². The van der Waals surface area contributed by atoms with Crippen LogP contribution >= 0.6 is 23.2 Å². The molecule has 0 spiro atoms. The Balaban J connectivity index is 1.93. The van der Waals surface area contributed by atoms with Crippen LogP contribution in [0, 0.1) is 0 Å². The third kappa shape index (κ3) is 2.81. The zero-order valence-electron chi connectivity index (χ0n) is 11.0. The Morgan fingerprint density at radius 1 is 1.15 bits per heavy atom. The monoisotopic (exact) mass is 308 g/mol. The van der Waals surface area contributed by atoms with Gasteiger partial charge in [0.25, 0.3) is 0 Å². The lowest BCUT2D eigenvalue weighted by Gasteiger charge is -2.11. The Morgan fingerprint density at radius 2 is 1.90 bits per heavy atom. The van der Waals surface area contributed by atoms with Crippen molar-refractivity contribution >= 4 is 40.5 Å². The molecule has 1 heterocycles. The first-order chi connectivity index (χ1) is 9.67. The van der Waals surface area contributed by atoms with Crippen LogP contribution in [0.5, 0.6) is 0 Å². The van der Waals surface area contributed by atoms with Crippen LogP contribution in [0.25, 0.3) is 0 Å². The number of aromatic nitrogens is 2. The van der Waals surface area contributed by atoms with E-state index in [0.717, 1.165) is 36.0 Å². The summed E-state index contributed by atoms with van der Waals surface area (Å²) in [7, 11) is 1.84. The summed E-state index contributed by atoms with van der Waals surface area (Å²) < 4.78 is 0. The second kappa shape index (κ2) is 5.46. The highest BCUT2D eigenvalue weighted by Gasteiger charge is 2.27. The average molecular weight is 309 g/mol. The molecule has 0 amide bonds. The van der Waals surface area contributed by atoms with Crippen molar-refractivity contribution in [3.05, 3.63) is 40.1 Å². The first-order valence-electron chi connectivity index (χ1n) is 6.45. The van der Waals surface area contributed by atoms with Gasteiger partial charge in [0.1, 0.15) is 17.5 Å². The largest absolute Gasteiger partial charge is 0.373 e. The highest BCUT2D eigenvalue weighted by molar-refractivity contribution is 6.43. The fraction of sp³-hybridized carbons (Fsp3) is 0.286. The Labute approximate surface area is 127 Å². The second-order valence-corrected chi connectivity index (χ2v) is 5.53. The van der Waals surface area contributed by atoms with Gasteiger partial charge in [-0.25, -0.2) is 9.97 Å². The third-order valence-electron chi connectivity index (χ3n) is 3.16. The van der Waals surface area contributed by atoms with Gasteiger partial charge in [-0.3, -0.25) is 0 Å². The molecule has 1 aliphatic carbocycles. The normalized spacial score (nSPS) is 14.2. The number of benzene rings is 1. The molecular weight excluding hydrogens is 295 g/mol. The van der Waals surface area contributed by atoms with E-state index in [1.165, 1.54) is 0 Å². The van der Waals surface area contributed by atoms with Crippen LogP contribution in [0.15, 0.2) is 24.3 Å². The topological polar surface area (TPSA) is 49.8 Å². The summed E-state index contributed by atoms with van der Waals surface area (Å²) in [5.41, 5.74) is 0.738. The van der Waals surface area contributed by atoms with Crippen LogP contribution in [-0.2, 0) is 0 Å². The van der Waals surface area contributed by atoms with Gasteiger partial charge in [-0.05, 0) is 25.0 Å². The van der Waals surface area contributed by atoms with E-state index in [4.69, 9.17) is 23.2 Å². The highest BCUT2D eigenvalue weighted by Crippen LogP contribution is 2.39. The minimum Gasteiger partial charge on any atom is -0.373 e. The smallest absolute Gasteiger partial charge is 0.136 e. The van der Waals surface area contributed by atoms with Crippen molar-refractivity contribution in [2.45, 2.75) is 18.8 Å². The maximum Gasteiger partial charge on any atom is 0.136 e. The lowest BCUT2D eigenvalue weighted by atomic mass is 10.3. The van der Waals surface area contributed by atoms with Gasteiger partial charge >= 0.3 is 0 Å². The van der Waals surface area contributed by atoms with E-state index in [-0.39, 0.29) is 0 Å². The fourth-order valence-electron chi connectivity index (χ4n) is 1.92. The maximum atomic E-state index is 6.18. The van der Waals surface area contributed by atoms with E-state index in [1.54, 1.807) is 6.07 Å². The van der Waals surface area contributed by atoms with Crippen LogP contribution in [0.1, 0.15) is 24.6 Å². The number of halogens is 2. The molecule has 2 aromatic rings. The summed E-state index contributed by atoms with van der Waals surface area (Å²) >= 11 is 12.2. The molecule has 1 aliphatic rings. The maximum absolute atomic E-state index is 6.18. The van der Waals surface area contributed by atoms with E-state index in [1.807, 2.05) is 25.2 Å². The molecule has 0 radical (unpaired) electrons. The zero-order chi connectivity index (χ0) is 14.1. The Hall–Kier alpha value is -1.52. The predicted molar refractivity (Wildman–Crippen MR) is 83.3 cm³/mol. The van der Waals surface area contributed by atoms with Gasteiger partial charge in [0.2, 0.25) is 0 Å². The minimum atomic E-state index is 0.485. The molecule has 0 saturated heterocycles. The summed E-state index contributed by atoms with van der Waals surface area (Å²) in [6.45, 7) is 0. The lowest BCUT2D eigenvalue weighted by Crippen LogP contribution is -2.03. The number of anilines is 3. The molecule has 1 fully saturated rings. The number of hydrogen-bond donors (Lipinski definition) is 2. The molecule has 1 aromatic heterocycles. The molecule has 4 nitrogen and oxygen atoms in total.